The van der Waals surface area contributed by atoms with Gasteiger partial charge in [0.2, 0.25) is 6.79 Å². The van der Waals surface area contributed by atoms with Crippen molar-refractivity contribution < 1.29 is 19.0 Å². The Labute approximate surface area is 127 Å². The summed E-state index contributed by atoms with van der Waals surface area (Å²) in [5.74, 6) is -0.0984. The molecule has 0 aliphatic heterocycles. The van der Waals surface area contributed by atoms with Crippen LogP contribution in [0.4, 0.5) is 4.79 Å². The molecule has 0 atom stereocenters. The Hall–Kier alpha value is -2.57. The predicted molar refractivity (Wildman–Crippen MR) is 79.9 cm³/mol. The number of methoxy groups -OCH3 is 1. The third kappa shape index (κ3) is 3.55. The number of carbonyl (C=O) groups excluding carboxylic acids is 1. The zero-order chi connectivity index (χ0) is 15.9. The number of hydrogen-bond donors (Lipinski definition) is 0. The first kappa shape index (κ1) is 15.8. The highest BCUT2D eigenvalue weighted by Gasteiger charge is 2.12. The fourth-order valence-corrected chi connectivity index (χ4v) is 1.99. The van der Waals surface area contributed by atoms with Gasteiger partial charge in [-0.1, -0.05) is 25.5 Å². The van der Waals surface area contributed by atoms with E-state index in [0.29, 0.717) is 12.1 Å². The first-order valence-corrected chi connectivity index (χ1v) is 7.00. The lowest BCUT2D eigenvalue weighted by Crippen LogP contribution is -2.25. The highest BCUT2D eigenvalue weighted by atomic mass is 16.8. The van der Waals surface area contributed by atoms with Crippen molar-refractivity contribution in [3.05, 3.63) is 34.6 Å². The average molecular weight is 306 g/mol. The molecule has 2 rings (SSSR count). The highest BCUT2D eigenvalue weighted by Crippen LogP contribution is 2.13. The van der Waals surface area contributed by atoms with Crippen LogP contribution in [0.2, 0.25) is 0 Å². The lowest BCUT2D eigenvalue weighted by Gasteiger charge is -2.12. The molecule has 7 heteroatoms. The summed E-state index contributed by atoms with van der Waals surface area (Å²) in [6.07, 6.45) is 0.948. The van der Waals surface area contributed by atoms with E-state index >= 15 is 0 Å². The first-order valence-electron chi connectivity index (χ1n) is 7.00. The number of para-hydroxylation sites is 2. The number of carbonyl (C=O) groups is 1. The van der Waals surface area contributed by atoms with E-state index in [1.807, 2.05) is 18.2 Å². The zero-order valence-corrected chi connectivity index (χ0v) is 12.6. The van der Waals surface area contributed by atoms with Gasteiger partial charge in [-0.3, -0.25) is 4.79 Å². The zero-order valence-electron chi connectivity index (χ0n) is 12.6. The van der Waals surface area contributed by atoms with Crippen LogP contribution in [0.5, 0.6) is 5.88 Å². The Kier molecular flexibility index (Phi) is 5.35. The minimum absolute atomic E-state index is 0.0984. The Bertz CT molecular complexity index is 711. The van der Waals surface area contributed by atoms with Gasteiger partial charge in [-0.25, -0.2) is 9.78 Å². The summed E-state index contributed by atoms with van der Waals surface area (Å²) >= 11 is 0. The molecule has 1 aromatic carbocycles. The monoisotopic (exact) mass is 306 g/mol. The van der Waals surface area contributed by atoms with Crippen LogP contribution in [0.3, 0.4) is 0 Å². The van der Waals surface area contributed by atoms with Gasteiger partial charge in [-0.15, -0.1) is 0 Å². The van der Waals surface area contributed by atoms with Crippen LogP contribution < -0.4 is 10.3 Å². The number of rotatable bonds is 6. The van der Waals surface area contributed by atoms with Crippen LogP contribution in [0.1, 0.15) is 19.8 Å². The van der Waals surface area contributed by atoms with Crippen molar-refractivity contribution >= 4 is 17.2 Å². The second-order valence-corrected chi connectivity index (χ2v) is 4.58. The molecule has 0 saturated carbocycles. The van der Waals surface area contributed by atoms with Crippen molar-refractivity contribution in [3.63, 3.8) is 0 Å². The summed E-state index contributed by atoms with van der Waals surface area (Å²) in [6, 6.07) is 7.32. The number of ether oxygens (including phenoxy) is 3. The molecule has 0 amide bonds. The number of aryl methyl sites for hydroxylation is 1. The van der Waals surface area contributed by atoms with Crippen molar-refractivity contribution in [1.82, 2.24) is 9.55 Å². The number of nitrogens with zero attached hydrogens (tertiary/aromatic N) is 2. The van der Waals surface area contributed by atoms with Gasteiger partial charge in [-0.05, 0) is 18.6 Å². The van der Waals surface area contributed by atoms with Gasteiger partial charge in [0.15, 0.2) is 0 Å². The molecule has 2 aromatic rings. The van der Waals surface area contributed by atoms with E-state index in [0.717, 1.165) is 18.4 Å². The Balaban J connectivity index is 2.31. The van der Waals surface area contributed by atoms with Crippen molar-refractivity contribution in [2.45, 2.75) is 26.3 Å². The van der Waals surface area contributed by atoms with Gasteiger partial charge >= 0.3 is 11.7 Å². The molecule has 0 radical (unpaired) electrons. The van der Waals surface area contributed by atoms with Crippen LogP contribution in [-0.2, 0) is 16.0 Å². The number of benzene rings is 1. The van der Waals surface area contributed by atoms with Crippen molar-refractivity contribution in [2.24, 2.45) is 0 Å². The van der Waals surface area contributed by atoms with Crippen LogP contribution >= 0.6 is 0 Å². The molecule has 0 unspecified atom stereocenters. The third-order valence-corrected chi connectivity index (χ3v) is 3.10. The third-order valence-electron chi connectivity index (χ3n) is 3.10. The van der Waals surface area contributed by atoms with Gasteiger partial charge in [0.1, 0.15) is 0 Å². The van der Waals surface area contributed by atoms with E-state index in [-0.39, 0.29) is 11.4 Å². The second-order valence-electron chi connectivity index (χ2n) is 4.58. The molecule has 118 valence electrons. The van der Waals surface area contributed by atoms with E-state index in [9.17, 15) is 9.59 Å². The summed E-state index contributed by atoms with van der Waals surface area (Å²) in [5, 5.41) is 0. The Morgan fingerprint density at radius 3 is 2.82 bits per heavy atom. The SMILES string of the molecule is CCCCn1c(=O)c(OCOC(=O)OC)nc2ccccc21. The minimum Gasteiger partial charge on any atom is -0.438 e. The molecule has 0 spiro atoms. The van der Waals surface area contributed by atoms with Gasteiger partial charge in [0, 0.05) is 6.54 Å². The van der Waals surface area contributed by atoms with Gasteiger partial charge in [0.25, 0.3) is 5.88 Å². The topological polar surface area (TPSA) is 79.7 Å². The average Bonchev–Trinajstić information content (AvgIpc) is 2.54. The minimum atomic E-state index is -0.882. The number of fused-ring (bicyclic) bond motifs is 1. The molecule has 0 N–H and O–H groups in total. The molecule has 0 aliphatic rings. The molecular weight excluding hydrogens is 288 g/mol. The molecule has 0 bridgehead atoms. The molecule has 7 nitrogen and oxygen atoms in total. The molecule has 1 heterocycles. The lowest BCUT2D eigenvalue weighted by atomic mass is 10.2. The summed E-state index contributed by atoms with van der Waals surface area (Å²) in [4.78, 5) is 27.5. The quantitative estimate of drug-likeness (QED) is 0.602. The largest absolute Gasteiger partial charge is 0.510 e. The fraction of sp³-hybridized carbons (Fsp3) is 0.400. The molecule has 0 fully saturated rings. The fourth-order valence-electron chi connectivity index (χ4n) is 1.99. The van der Waals surface area contributed by atoms with Crippen molar-refractivity contribution in [3.8, 4) is 5.88 Å². The van der Waals surface area contributed by atoms with Gasteiger partial charge < -0.3 is 18.8 Å². The second kappa shape index (κ2) is 7.44. The van der Waals surface area contributed by atoms with Crippen LogP contribution in [-0.4, -0.2) is 29.6 Å². The smallest absolute Gasteiger partial charge is 0.438 e. The molecule has 1 aromatic heterocycles. The van der Waals surface area contributed by atoms with Crippen LogP contribution in [0.15, 0.2) is 29.1 Å². The van der Waals surface area contributed by atoms with E-state index in [1.165, 1.54) is 7.11 Å². The van der Waals surface area contributed by atoms with Gasteiger partial charge in [-0.2, -0.15) is 0 Å². The molecular formula is C15H18N2O5. The number of aromatic nitrogens is 2. The molecule has 0 saturated heterocycles. The maximum absolute atomic E-state index is 12.4. The maximum Gasteiger partial charge on any atom is 0.510 e. The Morgan fingerprint density at radius 2 is 2.09 bits per heavy atom. The summed E-state index contributed by atoms with van der Waals surface area (Å²) < 4.78 is 15.7. The Morgan fingerprint density at radius 1 is 1.32 bits per heavy atom. The van der Waals surface area contributed by atoms with Crippen LogP contribution in [0.25, 0.3) is 11.0 Å². The van der Waals surface area contributed by atoms with Crippen molar-refractivity contribution in [1.29, 1.82) is 0 Å². The van der Waals surface area contributed by atoms with Crippen LogP contribution in [0, 0.1) is 0 Å². The van der Waals surface area contributed by atoms with E-state index in [1.54, 1.807) is 10.6 Å². The highest BCUT2D eigenvalue weighted by molar-refractivity contribution is 5.75. The number of hydrogen-bond acceptors (Lipinski definition) is 6. The first-order chi connectivity index (χ1) is 10.7. The van der Waals surface area contributed by atoms with E-state index in [2.05, 4.69) is 21.4 Å². The summed E-state index contributed by atoms with van der Waals surface area (Å²) in [6.45, 7) is 2.20. The van der Waals surface area contributed by atoms with Gasteiger partial charge in [0.05, 0.1) is 18.1 Å². The summed E-state index contributed by atoms with van der Waals surface area (Å²) in [7, 11) is 1.19. The normalized spacial score (nSPS) is 10.5. The molecule has 22 heavy (non-hydrogen) atoms. The lowest BCUT2D eigenvalue weighted by molar-refractivity contribution is 0.0126. The predicted octanol–water partition coefficient (Wildman–Crippen LogP) is 2.32. The maximum atomic E-state index is 12.4. The van der Waals surface area contributed by atoms with E-state index < -0.39 is 12.9 Å². The standard InChI is InChI=1S/C15H18N2O5/c1-3-4-9-17-12-8-6-5-7-11(12)16-13(14(17)18)21-10-22-15(19)20-2/h5-8H,3-4,9-10H2,1-2H3. The molecule has 0 aliphatic carbocycles. The van der Waals surface area contributed by atoms with Crippen molar-refractivity contribution in [2.75, 3.05) is 13.9 Å². The summed E-state index contributed by atoms with van der Waals surface area (Å²) in [5.41, 5.74) is 1.05. The van der Waals surface area contributed by atoms with E-state index in [4.69, 9.17) is 4.74 Å². The number of unbranched alkanes of at least 4 members (excludes halogenated alkanes) is 1.